The van der Waals surface area contributed by atoms with E-state index in [0.717, 1.165) is 27.4 Å². The molecule has 0 saturated heterocycles. The molecule has 4 nitrogen and oxygen atoms in total. The Balaban J connectivity index is 2.23. The number of hydrogen-bond acceptors (Lipinski definition) is 4. The number of thioether (sulfide) groups is 1. The summed E-state index contributed by atoms with van der Waals surface area (Å²) in [5.41, 5.74) is 2.89. The minimum absolute atomic E-state index is 0.781. The van der Waals surface area contributed by atoms with Gasteiger partial charge in [-0.3, -0.25) is 0 Å². The molecule has 0 bridgehead atoms. The van der Waals surface area contributed by atoms with Gasteiger partial charge in [0.2, 0.25) is 0 Å². The van der Waals surface area contributed by atoms with Gasteiger partial charge in [-0.2, -0.15) is 0 Å². The lowest BCUT2D eigenvalue weighted by Gasteiger charge is -2.03. The number of rotatable bonds is 2. The molecule has 1 N–H and O–H groups in total. The van der Waals surface area contributed by atoms with Crippen LogP contribution in [0.5, 0.6) is 0 Å². The van der Waals surface area contributed by atoms with Crippen LogP contribution in [0.25, 0.3) is 22.3 Å². The standard InChI is InChI=1S/C12H10N4S/c1-17-12-15-7-4-10(16-12)8-2-5-13-11-9(8)3-6-14-11/h2-7H,1H3,(H,13,14). The van der Waals surface area contributed by atoms with Crippen molar-refractivity contribution in [3.05, 3.63) is 36.8 Å². The molecule has 0 fully saturated rings. The smallest absolute Gasteiger partial charge is 0.187 e. The number of aromatic nitrogens is 4. The Hall–Kier alpha value is -1.88. The van der Waals surface area contributed by atoms with E-state index in [2.05, 4.69) is 19.9 Å². The normalized spacial score (nSPS) is 10.9. The minimum atomic E-state index is 0.781. The minimum Gasteiger partial charge on any atom is -0.346 e. The molecule has 0 unspecified atom stereocenters. The summed E-state index contributed by atoms with van der Waals surface area (Å²) in [5.74, 6) is 0. The van der Waals surface area contributed by atoms with E-state index in [1.807, 2.05) is 30.7 Å². The number of nitrogens with one attached hydrogen (secondary N) is 1. The average Bonchev–Trinajstić information content (AvgIpc) is 2.87. The first-order chi connectivity index (χ1) is 8.38. The zero-order valence-corrected chi connectivity index (χ0v) is 10.0. The summed E-state index contributed by atoms with van der Waals surface area (Å²) < 4.78 is 0. The maximum absolute atomic E-state index is 4.50. The van der Waals surface area contributed by atoms with Crippen molar-refractivity contribution in [3.63, 3.8) is 0 Å². The fourth-order valence-electron chi connectivity index (χ4n) is 1.77. The van der Waals surface area contributed by atoms with E-state index < -0.39 is 0 Å². The van der Waals surface area contributed by atoms with Gasteiger partial charge in [0, 0.05) is 29.5 Å². The van der Waals surface area contributed by atoms with E-state index >= 15 is 0 Å². The highest BCUT2D eigenvalue weighted by Crippen LogP contribution is 2.25. The number of pyridine rings is 1. The molecule has 3 aromatic rings. The Labute approximate surface area is 103 Å². The maximum atomic E-state index is 4.50. The largest absolute Gasteiger partial charge is 0.346 e. The first-order valence-electron chi connectivity index (χ1n) is 5.18. The Morgan fingerprint density at radius 3 is 2.88 bits per heavy atom. The van der Waals surface area contributed by atoms with Crippen LogP contribution in [-0.2, 0) is 0 Å². The Morgan fingerprint density at radius 2 is 2.00 bits per heavy atom. The summed E-state index contributed by atoms with van der Waals surface area (Å²) in [7, 11) is 0. The first kappa shape index (κ1) is 10.3. The van der Waals surface area contributed by atoms with Crippen molar-refractivity contribution in [2.75, 3.05) is 6.26 Å². The van der Waals surface area contributed by atoms with Crippen molar-refractivity contribution in [1.82, 2.24) is 19.9 Å². The second-order valence-corrected chi connectivity index (χ2v) is 4.30. The van der Waals surface area contributed by atoms with Gasteiger partial charge in [0.25, 0.3) is 0 Å². The predicted molar refractivity (Wildman–Crippen MR) is 68.9 cm³/mol. The lowest BCUT2D eigenvalue weighted by atomic mass is 10.1. The molecule has 84 valence electrons. The van der Waals surface area contributed by atoms with Gasteiger partial charge in [-0.25, -0.2) is 15.0 Å². The first-order valence-corrected chi connectivity index (χ1v) is 6.40. The highest BCUT2D eigenvalue weighted by Gasteiger charge is 2.07. The Kier molecular flexibility index (Phi) is 2.53. The fraction of sp³-hybridized carbons (Fsp3) is 0.0833. The number of hydrogen-bond donors (Lipinski definition) is 1. The molecular weight excluding hydrogens is 232 g/mol. The molecule has 0 radical (unpaired) electrons. The van der Waals surface area contributed by atoms with Crippen LogP contribution >= 0.6 is 11.8 Å². The highest BCUT2D eigenvalue weighted by atomic mass is 32.2. The van der Waals surface area contributed by atoms with Crippen LogP contribution < -0.4 is 0 Å². The monoisotopic (exact) mass is 242 g/mol. The molecule has 0 saturated carbocycles. The lowest BCUT2D eigenvalue weighted by Crippen LogP contribution is -1.90. The summed E-state index contributed by atoms with van der Waals surface area (Å²) in [6.45, 7) is 0. The van der Waals surface area contributed by atoms with Gasteiger partial charge in [-0.1, -0.05) is 11.8 Å². The van der Waals surface area contributed by atoms with Crippen molar-refractivity contribution in [2.24, 2.45) is 0 Å². The van der Waals surface area contributed by atoms with Crippen LogP contribution in [0, 0.1) is 0 Å². The lowest BCUT2D eigenvalue weighted by molar-refractivity contribution is 0.977. The number of H-pyrrole nitrogens is 1. The molecule has 0 aliphatic carbocycles. The van der Waals surface area contributed by atoms with E-state index in [1.165, 1.54) is 11.8 Å². The molecule has 3 aromatic heterocycles. The quantitative estimate of drug-likeness (QED) is 0.554. The van der Waals surface area contributed by atoms with Crippen molar-refractivity contribution < 1.29 is 0 Å². The predicted octanol–water partition coefficient (Wildman–Crippen LogP) is 2.74. The molecule has 0 spiro atoms. The molecular formula is C12H10N4S. The van der Waals surface area contributed by atoms with Crippen molar-refractivity contribution in [2.45, 2.75) is 5.16 Å². The third kappa shape index (κ3) is 1.78. The van der Waals surface area contributed by atoms with Crippen LogP contribution in [0.4, 0.5) is 0 Å². The second-order valence-electron chi connectivity index (χ2n) is 3.53. The molecule has 0 amide bonds. The summed E-state index contributed by atoms with van der Waals surface area (Å²) in [4.78, 5) is 16.0. The highest BCUT2D eigenvalue weighted by molar-refractivity contribution is 7.98. The van der Waals surface area contributed by atoms with E-state index in [4.69, 9.17) is 0 Å². The summed E-state index contributed by atoms with van der Waals surface area (Å²) >= 11 is 1.54. The van der Waals surface area contributed by atoms with Gasteiger partial charge < -0.3 is 4.98 Å². The Morgan fingerprint density at radius 1 is 1.12 bits per heavy atom. The summed E-state index contributed by atoms with van der Waals surface area (Å²) in [5, 5.41) is 1.86. The van der Waals surface area contributed by atoms with Crippen molar-refractivity contribution >= 4 is 22.8 Å². The van der Waals surface area contributed by atoms with E-state index in [1.54, 1.807) is 12.4 Å². The molecule has 5 heteroatoms. The van der Waals surface area contributed by atoms with E-state index in [9.17, 15) is 0 Å². The van der Waals surface area contributed by atoms with E-state index in [-0.39, 0.29) is 0 Å². The van der Waals surface area contributed by atoms with Gasteiger partial charge in [0.15, 0.2) is 5.16 Å². The molecule has 0 aliphatic heterocycles. The summed E-state index contributed by atoms with van der Waals surface area (Å²) in [6, 6.07) is 5.91. The molecule has 0 atom stereocenters. The topological polar surface area (TPSA) is 54.5 Å². The van der Waals surface area contributed by atoms with Crippen LogP contribution in [0.2, 0.25) is 0 Å². The third-order valence-electron chi connectivity index (χ3n) is 2.55. The SMILES string of the molecule is CSc1nccc(-c2ccnc3[nH]ccc23)n1. The van der Waals surface area contributed by atoms with Crippen LogP contribution in [0.15, 0.2) is 41.9 Å². The fourth-order valence-corrected chi connectivity index (χ4v) is 2.13. The Bertz CT molecular complexity index is 662. The molecule has 17 heavy (non-hydrogen) atoms. The third-order valence-corrected chi connectivity index (χ3v) is 3.11. The van der Waals surface area contributed by atoms with Crippen molar-refractivity contribution in [3.8, 4) is 11.3 Å². The van der Waals surface area contributed by atoms with Gasteiger partial charge in [0.1, 0.15) is 5.65 Å². The van der Waals surface area contributed by atoms with Crippen LogP contribution in [-0.4, -0.2) is 26.2 Å². The van der Waals surface area contributed by atoms with Crippen LogP contribution in [0.1, 0.15) is 0 Å². The summed E-state index contributed by atoms with van der Waals surface area (Å²) in [6.07, 6.45) is 7.43. The van der Waals surface area contributed by atoms with Gasteiger partial charge in [-0.15, -0.1) is 0 Å². The molecule has 0 aromatic carbocycles. The number of aromatic amines is 1. The zero-order chi connectivity index (χ0) is 11.7. The van der Waals surface area contributed by atoms with Crippen molar-refractivity contribution in [1.29, 1.82) is 0 Å². The molecule has 3 rings (SSSR count). The number of nitrogens with zero attached hydrogens (tertiary/aromatic N) is 3. The van der Waals surface area contributed by atoms with E-state index in [0.29, 0.717) is 0 Å². The van der Waals surface area contributed by atoms with Gasteiger partial charge in [0.05, 0.1) is 5.69 Å². The molecule has 0 aliphatic rings. The molecule has 3 heterocycles. The zero-order valence-electron chi connectivity index (χ0n) is 9.21. The number of fused-ring (bicyclic) bond motifs is 1. The van der Waals surface area contributed by atoms with Crippen LogP contribution in [0.3, 0.4) is 0 Å². The van der Waals surface area contributed by atoms with Gasteiger partial charge >= 0.3 is 0 Å². The maximum Gasteiger partial charge on any atom is 0.187 e. The average molecular weight is 242 g/mol. The van der Waals surface area contributed by atoms with Gasteiger partial charge in [-0.05, 0) is 24.5 Å². The second kappa shape index (κ2) is 4.18.